The molecule has 0 unspecified atom stereocenters. The molecular weight excluding hydrogens is 408 g/mol. The van der Waals surface area contributed by atoms with Crippen molar-refractivity contribution in [3.63, 3.8) is 0 Å². The molecule has 128 valence electrons. The highest BCUT2D eigenvalue weighted by Crippen LogP contribution is 2.28. The number of hydrogen-bond acceptors (Lipinski definition) is 5. The molecule has 25 heavy (non-hydrogen) atoms. The molecule has 0 saturated heterocycles. The van der Waals surface area contributed by atoms with Crippen molar-refractivity contribution < 1.29 is 14.1 Å². The number of benzene rings is 2. The lowest BCUT2D eigenvalue weighted by molar-refractivity contribution is -0.134. The van der Waals surface area contributed by atoms with Gasteiger partial charge in [0.25, 0.3) is 0 Å². The third kappa shape index (κ3) is 5.14. The number of esters is 1. The van der Waals surface area contributed by atoms with Crippen molar-refractivity contribution in [2.75, 3.05) is 0 Å². The average molecular weight is 422 g/mol. The fourth-order valence-electron chi connectivity index (χ4n) is 2.18. The molecule has 5 nitrogen and oxygen atoms in total. The van der Waals surface area contributed by atoms with Gasteiger partial charge in [-0.3, -0.25) is 4.79 Å². The minimum atomic E-state index is -0.383. The van der Waals surface area contributed by atoms with Crippen LogP contribution < -0.4 is 4.74 Å². The summed E-state index contributed by atoms with van der Waals surface area (Å²) < 4.78 is 11.1. The summed E-state index contributed by atoms with van der Waals surface area (Å²) in [4.78, 5) is 16.3. The minimum absolute atomic E-state index is 0.141. The molecule has 3 rings (SSSR count). The Bertz CT molecular complexity index is 868. The first-order valence-electron chi connectivity index (χ1n) is 7.61. The minimum Gasteiger partial charge on any atom is -0.425 e. The van der Waals surface area contributed by atoms with Crippen molar-refractivity contribution in [3.8, 4) is 5.75 Å². The second-order valence-corrected chi connectivity index (χ2v) is 6.61. The lowest BCUT2D eigenvalue weighted by Crippen LogP contribution is -2.09. The Morgan fingerprint density at radius 2 is 2.00 bits per heavy atom. The number of ether oxygens (including phenoxy) is 1. The highest BCUT2D eigenvalue weighted by molar-refractivity contribution is 9.10. The van der Waals surface area contributed by atoms with Crippen molar-refractivity contribution in [1.82, 2.24) is 10.1 Å². The predicted molar refractivity (Wildman–Crippen MR) is 96.7 cm³/mol. The average Bonchev–Trinajstić information content (AvgIpc) is 3.04. The summed E-state index contributed by atoms with van der Waals surface area (Å²) in [5.74, 6) is 1.04. The smallest absolute Gasteiger partial charge is 0.311 e. The summed E-state index contributed by atoms with van der Waals surface area (Å²) in [5.41, 5.74) is 1.10. The summed E-state index contributed by atoms with van der Waals surface area (Å²) in [6.07, 6.45) is 1.06. The maximum Gasteiger partial charge on any atom is 0.311 e. The molecule has 1 aromatic heterocycles. The van der Waals surface area contributed by atoms with Crippen LogP contribution in [0.1, 0.15) is 23.7 Å². The predicted octanol–water partition coefficient (Wildman–Crippen LogP) is 4.61. The van der Waals surface area contributed by atoms with E-state index in [4.69, 9.17) is 20.9 Å². The second-order valence-electron chi connectivity index (χ2n) is 5.32. The van der Waals surface area contributed by atoms with Crippen LogP contribution in [0.15, 0.2) is 57.5 Å². The van der Waals surface area contributed by atoms with Gasteiger partial charge in [0.15, 0.2) is 5.82 Å². The standard InChI is InChI=1S/C18H14BrClN2O3/c19-14-11-13(20)6-7-15(14)24-18(23)9-8-17-21-16(22-25-17)10-12-4-2-1-3-5-12/h1-7,11H,8-10H2. The van der Waals surface area contributed by atoms with E-state index < -0.39 is 0 Å². The Hall–Kier alpha value is -2.18. The molecular formula is C18H14BrClN2O3. The number of aromatic nitrogens is 2. The van der Waals surface area contributed by atoms with Gasteiger partial charge in [0.05, 0.1) is 10.9 Å². The first-order chi connectivity index (χ1) is 12.1. The molecule has 0 spiro atoms. The lowest BCUT2D eigenvalue weighted by atomic mass is 10.1. The van der Waals surface area contributed by atoms with E-state index in [2.05, 4.69) is 26.1 Å². The van der Waals surface area contributed by atoms with Crippen molar-refractivity contribution in [2.24, 2.45) is 0 Å². The molecule has 0 radical (unpaired) electrons. The molecule has 0 fully saturated rings. The van der Waals surface area contributed by atoms with Crippen LogP contribution >= 0.6 is 27.5 Å². The van der Waals surface area contributed by atoms with Crippen LogP contribution in [0.5, 0.6) is 5.75 Å². The highest BCUT2D eigenvalue weighted by atomic mass is 79.9. The van der Waals surface area contributed by atoms with Gasteiger partial charge in [0, 0.05) is 17.9 Å². The first-order valence-corrected chi connectivity index (χ1v) is 8.78. The SMILES string of the molecule is O=C(CCc1nc(Cc2ccccc2)no1)Oc1ccc(Cl)cc1Br. The molecule has 1 heterocycles. The maximum atomic E-state index is 12.0. The zero-order valence-electron chi connectivity index (χ0n) is 13.1. The topological polar surface area (TPSA) is 65.2 Å². The highest BCUT2D eigenvalue weighted by Gasteiger charge is 2.12. The molecule has 0 atom stereocenters. The Labute approximate surface area is 158 Å². The van der Waals surface area contributed by atoms with E-state index in [1.165, 1.54) is 0 Å². The van der Waals surface area contributed by atoms with E-state index in [9.17, 15) is 4.79 Å². The zero-order chi connectivity index (χ0) is 17.6. The van der Waals surface area contributed by atoms with Gasteiger partial charge in [0.1, 0.15) is 5.75 Å². The molecule has 3 aromatic rings. The van der Waals surface area contributed by atoms with Gasteiger partial charge in [-0.15, -0.1) is 0 Å². The lowest BCUT2D eigenvalue weighted by Gasteiger charge is -2.05. The zero-order valence-corrected chi connectivity index (χ0v) is 15.5. The van der Waals surface area contributed by atoms with Crippen molar-refractivity contribution in [3.05, 3.63) is 75.3 Å². The number of rotatable bonds is 6. The summed E-state index contributed by atoms with van der Waals surface area (Å²) in [6.45, 7) is 0. The second kappa shape index (κ2) is 8.27. The number of halogens is 2. The quantitative estimate of drug-likeness (QED) is 0.429. The molecule has 0 aliphatic rings. The van der Waals surface area contributed by atoms with Crippen molar-refractivity contribution in [1.29, 1.82) is 0 Å². The van der Waals surface area contributed by atoms with E-state index in [1.54, 1.807) is 18.2 Å². The summed E-state index contributed by atoms with van der Waals surface area (Å²) in [7, 11) is 0. The van der Waals surface area contributed by atoms with Crippen LogP contribution in [0.25, 0.3) is 0 Å². The summed E-state index contributed by atoms with van der Waals surface area (Å²) in [6, 6.07) is 14.8. The van der Waals surface area contributed by atoms with Crippen LogP contribution in [-0.4, -0.2) is 16.1 Å². The van der Waals surface area contributed by atoms with Crippen molar-refractivity contribution in [2.45, 2.75) is 19.3 Å². The van der Waals surface area contributed by atoms with Gasteiger partial charge < -0.3 is 9.26 Å². The van der Waals surface area contributed by atoms with Gasteiger partial charge in [-0.2, -0.15) is 4.98 Å². The van der Waals surface area contributed by atoms with E-state index in [0.29, 0.717) is 39.8 Å². The van der Waals surface area contributed by atoms with Gasteiger partial charge in [0.2, 0.25) is 5.89 Å². The summed E-state index contributed by atoms with van der Waals surface area (Å²) >= 11 is 9.16. The van der Waals surface area contributed by atoms with Crippen LogP contribution in [0.3, 0.4) is 0 Å². The molecule has 0 N–H and O–H groups in total. The Morgan fingerprint density at radius 3 is 2.76 bits per heavy atom. The third-order valence-electron chi connectivity index (χ3n) is 3.38. The van der Waals surface area contributed by atoms with E-state index >= 15 is 0 Å². The van der Waals surface area contributed by atoms with Gasteiger partial charge >= 0.3 is 5.97 Å². The van der Waals surface area contributed by atoms with E-state index in [0.717, 1.165) is 5.56 Å². The van der Waals surface area contributed by atoms with Gasteiger partial charge in [-0.1, -0.05) is 47.1 Å². The maximum absolute atomic E-state index is 12.0. The number of nitrogens with zero attached hydrogens (tertiary/aromatic N) is 2. The van der Waals surface area contributed by atoms with Crippen LogP contribution in [0, 0.1) is 0 Å². The number of aryl methyl sites for hydroxylation is 1. The molecule has 0 bridgehead atoms. The largest absolute Gasteiger partial charge is 0.425 e. The first kappa shape index (κ1) is 17.6. The number of carbonyl (C=O) groups is 1. The van der Waals surface area contributed by atoms with Crippen LogP contribution in [-0.2, 0) is 17.6 Å². The Kier molecular flexibility index (Phi) is 5.83. The van der Waals surface area contributed by atoms with Crippen molar-refractivity contribution >= 4 is 33.5 Å². The fourth-order valence-corrected chi connectivity index (χ4v) is 2.95. The van der Waals surface area contributed by atoms with E-state index in [-0.39, 0.29) is 12.4 Å². The number of hydrogen-bond donors (Lipinski definition) is 0. The molecule has 0 aliphatic carbocycles. The van der Waals surface area contributed by atoms with Gasteiger partial charge in [-0.25, -0.2) is 0 Å². The van der Waals surface area contributed by atoms with Crippen LogP contribution in [0.4, 0.5) is 0 Å². The van der Waals surface area contributed by atoms with E-state index in [1.807, 2.05) is 30.3 Å². The molecule has 0 aliphatic heterocycles. The molecule has 0 amide bonds. The monoisotopic (exact) mass is 420 g/mol. The van der Waals surface area contributed by atoms with Gasteiger partial charge in [-0.05, 0) is 39.7 Å². The summed E-state index contributed by atoms with van der Waals surface area (Å²) in [5, 5.41) is 4.50. The normalized spacial score (nSPS) is 10.6. The fraction of sp³-hybridized carbons (Fsp3) is 0.167. The Morgan fingerprint density at radius 1 is 1.20 bits per heavy atom. The molecule has 0 saturated carbocycles. The van der Waals surface area contributed by atoms with Crippen LogP contribution in [0.2, 0.25) is 5.02 Å². The Balaban J connectivity index is 1.52. The number of carbonyl (C=O) groups excluding carboxylic acids is 1. The third-order valence-corrected chi connectivity index (χ3v) is 4.23. The molecule has 7 heteroatoms. The molecule has 2 aromatic carbocycles.